The molecule has 3 unspecified atom stereocenters. The number of likely N-dealkylation sites (tertiary alicyclic amines) is 1. The molecule has 2 aromatic rings. The van der Waals surface area contributed by atoms with Crippen LogP contribution in [0.1, 0.15) is 20.8 Å². The lowest BCUT2D eigenvalue weighted by molar-refractivity contribution is -0.000418. The number of carbonyl (C=O) groups is 2. The van der Waals surface area contributed by atoms with Crippen LogP contribution in [-0.2, 0) is 4.43 Å². The highest BCUT2D eigenvalue weighted by atomic mass is 28.4. The third kappa shape index (κ3) is 3.79. The first-order chi connectivity index (χ1) is 15.6. The number of benzene rings is 2. The lowest BCUT2D eigenvalue weighted by Gasteiger charge is -2.45. The van der Waals surface area contributed by atoms with E-state index in [9.17, 15) is 19.8 Å². The Morgan fingerprint density at radius 2 is 1.42 bits per heavy atom. The zero-order chi connectivity index (χ0) is 24.0. The van der Waals surface area contributed by atoms with Crippen molar-refractivity contribution in [2.75, 3.05) is 20.1 Å². The number of carboxylic acid groups (broad SMARTS) is 2. The van der Waals surface area contributed by atoms with Crippen LogP contribution in [0.2, 0.25) is 5.04 Å². The molecule has 2 saturated heterocycles. The molecule has 0 aromatic heterocycles. The minimum atomic E-state index is -2.93. The Morgan fingerprint density at radius 1 is 0.909 bits per heavy atom. The quantitative estimate of drug-likeness (QED) is 0.669. The van der Waals surface area contributed by atoms with Gasteiger partial charge in [0.05, 0.1) is 31.3 Å². The molecule has 33 heavy (non-hydrogen) atoms. The van der Waals surface area contributed by atoms with Crippen LogP contribution in [0.3, 0.4) is 0 Å². The average Bonchev–Trinajstić information content (AvgIpc) is 3.30. The Balaban J connectivity index is 1.84. The molecule has 3 atom stereocenters. The fourth-order valence-electron chi connectivity index (χ4n) is 5.49. The lowest BCUT2D eigenvalue weighted by Crippen LogP contribution is -2.69. The molecule has 9 heteroatoms. The molecule has 176 valence electrons. The topological polar surface area (TPSA) is 93.6 Å². The maximum Gasteiger partial charge on any atom is 0.422 e. The normalized spacial score (nSPS) is 23.6. The van der Waals surface area contributed by atoms with E-state index in [4.69, 9.17) is 4.43 Å². The van der Waals surface area contributed by atoms with E-state index >= 15 is 0 Å². The average molecular weight is 470 g/mol. The van der Waals surface area contributed by atoms with Crippen molar-refractivity contribution in [1.29, 1.82) is 0 Å². The minimum Gasteiger partial charge on any atom is -0.465 e. The monoisotopic (exact) mass is 469 g/mol. The molecule has 2 heterocycles. The first kappa shape index (κ1) is 23.3. The van der Waals surface area contributed by atoms with E-state index in [2.05, 4.69) is 45.0 Å². The third-order valence-electron chi connectivity index (χ3n) is 6.94. The van der Waals surface area contributed by atoms with Crippen molar-refractivity contribution >= 4 is 30.9 Å². The Bertz CT molecular complexity index is 974. The van der Waals surface area contributed by atoms with Crippen molar-refractivity contribution < 1.29 is 24.2 Å². The maximum atomic E-state index is 12.1. The van der Waals surface area contributed by atoms with Gasteiger partial charge in [-0.15, -0.1) is 0 Å². The molecule has 8 nitrogen and oxygen atoms in total. The van der Waals surface area contributed by atoms with Crippen molar-refractivity contribution in [3.05, 3.63) is 60.7 Å². The van der Waals surface area contributed by atoms with Gasteiger partial charge in [-0.05, 0) is 15.4 Å². The number of hydrogen-bond donors (Lipinski definition) is 2. The highest BCUT2D eigenvalue weighted by molar-refractivity contribution is 6.99. The standard InChI is InChI=1S/C24H31N3O5Si/c1-24(2,3)33(17-11-7-5-8-12-17,18-13-9-6-10-14-18)32-20-16-26(22(28)29)19-15-27(23(30)31)25(4)21(19)20/h5-14,19-21H,15-16H2,1-4H3,(H,28,29)(H,30,31). The summed E-state index contributed by atoms with van der Waals surface area (Å²) in [5, 5.41) is 24.3. The van der Waals surface area contributed by atoms with E-state index in [1.807, 2.05) is 36.4 Å². The fourth-order valence-corrected chi connectivity index (χ4v) is 10.2. The molecule has 2 aliphatic rings. The Hall–Kier alpha value is -2.88. The largest absolute Gasteiger partial charge is 0.465 e. The van der Waals surface area contributed by atoms with Gasteiger partial charge in [-0.3, -0.25) is 4.90 Å². The fraction of sp³-hybridized carbons (Fsp3) is 0.417. The van der Waals surface area contributed by atoms with E-state index in [-0.39, 0.29) is 24.2 Å². The van der Waals surface area contributed by atoms with Crippen molar-refractivity contribution in [1.82, 2.24) is 14.9 Å². The first-order valence-corrected chi connectivity index (χ1v) is 13.0. The van der Waals surface area contributed by atoms with Crippen LogP contribution in [0.15, 0.2) is 60.7 Å². The summed E-state index contributed by atoms with van der Waals surface area (Å²) in [6.07, 6.45) is -2.63. The zero-order valence-electron chi connectivity index (χ0n) is 19.4. The van der Waals surface area contributed by atoms with E-state index in [0.29, 0.717) is 0 Å². The zero-order valence-corrected chi connectivity index (χ0v) is 20.4. The third-order valence-corrected chi connectivity index (χ3v) is 12.0. The van der Waals surface area contributed by atoms with Gasteiger partial charge in [0.25, 0.3) is 8.32 Å². The number of fused-ring (bicyclic) bond motifs is 1. The number of likely N-dealkylation sites (N-methyl/N-ethyl adjacent to an activating group) is 1. The van der Waals surface area contributed by atoms with Crippen LogP contribution in [0.4, 0.5) is 9.59 Å². The van der Waals surface area contributed by atoms with Gasteiger partial charge in [0.15, 0.2) is 0 Å². The summed E-state index contributed by atoms with van der Waals surface area (Å²) in [7, 11) is -1.23. The van der Waals surface area contributed by atoms with Gasteiger partial charge in [-0.2, -0.15) is 0 Å². The molecule has 2 aromatic carbocycles. The van der Waals surface area contributed by atoms with Crippen molar-refractivity contribution in [3.63, 3.8) is 0 Å². The van der Waals surface area contributed by atoms with Crippen LogP contribution < -0.4 is 10.4 Å². The van der Waals surface area contributed by atoms with Gasteiger partial charge < -0.3 is 14.6 Å². The number of hydrazine groups is 1. The van der Waals surface area contributed by atoms with Crippen molar-refractivity contribution in [3.8, 4) is 0 Å². The van der Waals surface area contributed by atoms with Crippen molar-refractivity contribution in [2.24, 2.45) is 0 Å². The molecular weight excluding hydrogens is 438 g/mol. The summed E-state index contributed by atoms with van der Waals surface area (Å²) < 4.78 is 7.20. The van der Waals surface area contributed by atoms with E-state index in [1.54, 1.807) is 12.1 Å². The van der Waals surface area contributed by atoms with Gasteiger partial charge in [-0.1, -0.05) is 81.4 Å². The van der Waals surface area contributed by atoms with Crippen LogP contribution in [-0.4, -0.2) is 84.0 Å². The molecule has 0 saturated carbocycles. The molecule has 0 spiro atoms. The number of rotatable bonds is 4. The van der Waals surface area contributed by atoms with Crippen LogP contribution >= 0.6 is 0 Å². The number of amides is 2. The van der Waals surface area contributed by atoms with Gasteiger partial charge in [0.1, 0.15) is 0 Å². The molecule has 2 fully saturated rings. The molecule has 0 radical (unpaired) electrons. The number of hydrogen-bond acceptors (Lipinski definition) is 4. The van der Waals surface area contributed by atoms with Crippen molar-refractivity contribution in [2.45, 2.75) is 44.0 Å². The Labute approximate surface area is 195 Å². The summed E-state index contributed by atoms with van der Waals surface area (Å²) in [5.41, 5.74) is 0. The SMILES string of the molecule is CN1C2C(O[Si](c3ccccc3)(c3ccccc3)C(C)(C)C)CN(C(=O)O)C2CN1C(=O)O. The highest BCUT2D eigenvalue weighted by Crippen LogP contribution is 2.41. The Kier molecular flexibility index (Phi) is 5.98. The predicted molar refractivity (Wildman–Crippen MR) is 127 cm³/mol. The minimum absolute atomic E-state index is 0.101. The van der Waals surface area contributed by atoms with Gasteiger partial charge >= 0.3 is 12.2 Å². The molecule has 4 rings (SSSR count). The molecule has 0 aliphatic carbocycles. The summed E-state index contributed by atoms with van der Waals surface area (Å²) in [5.74, 6) is 0. The van der Waals surface area contributed by atoms with E-state index in [0.717, 1.165) is 10.4 Å². The smallest absolute Gasteiger partial charge is 0.422 e. The second-order valence-corrected chi connectivity index (χ2v) is 14.0. The highest BCUT2D eigenvalue weighted by Gasteiger charge is 2.59. The van der Waals surface area contributed by atoms with Gasteiger partial charge in [0.2, 0.25) is 0 Å². The van der Waals surface area contributed by atoms with Crippen LogP contribution in [0.5, 0.6) is 0 Å². The molecule has 2 N–H and O–H groups in total. The van der Waals surface area contributed by atoms with Gasteiger partial charge in [-0.25, -0.2) is 19.6 Å². The van der Waals surface area contributed by atoms with E-state index < -0.39 is 32.6 Å². The summed E-state index contributed by atoms with van der Waals surface area (Å²) in [6, 6.07) is 19.5. The first-order valence-electron chi connectivity index (χ1n) is 11.1. The number of nitrogens with zero attached hydrogens (tertiary/aromatic N) is 3. The summed E-state index contributed by atoms with van der Waals surface area (Å²) >= 11 is 0. The summed E-state index contributed by atoms with van der Waals surface area (Å²) in [6.45, 7) is 6.81. The van der Waals surface area contributed by atoms with Gasteiger partial charge in [0, 0.05) is 7.05 Å². The van der Waals surface area contributed by atoms with Crippen LogP contribution in [0.25, 0.3) is 0 Å². The predicted octanol–water partition coefficient (Wildman–Crippen LogP) is 2.50. The van der Waals surface area contributed by atoms with E-state index in [1.165, 1.54) is 9.91 Å². The summed E-state index contributed by atoms with van der Waals surface area (Å²) in [4.78, 5) is 25.2. The molecular formula is C24H31N3O5Si. The van der Waals surface area contributed by atoms with Crippen LogP contribution in [0, 0.1) is 0 Å². The molecule has 2 aliphatic heterocycles. The second kappa shape index (κ2) is 8.47. The second-order valence-electron chi connectivity index (χ2n) is 9.75. The maximum absolute atomic E-state index is 12.1. The Morgan fingerprint density at radius 3 is 1.85 bits per heavy atom. The lowest BCUT2D eigenvalue weighted by atomic mass is 10.1. The molecule has 2 amide bonds. The molecule has 0 bridgehead atoms.